The fourth-order valence-electron chi connectivity index (χ4n) is 2.54. The Bertz CT molecular complexity index is 1010. The highest BCUT2D eigenvalue weighted by Crippen LogP contribution is 2.22. The summed E-state index contributed by atoms with van der Waals surface area (Å²) in [6.07, 6.45) is 11.9. The van der Waals surface area contributed by atoms with Crippen LogP contribution in [0.5, 0.6) is 0 Å². The first kappa shape index (κ1) is 13.5. The fraction of sp³-hybridized carbons (Fsp3) is 0. The van der Waals surface area contributed by atoms with Gasteiger partial charge in [-0.2, -0.15) is 0 Å². The molecule has 0 fully saturated rings. The Hall–Kier alpha value is -3.95. The van der Waals surface area contributed by atoms with Crippen molar-refractivity contribution in [1.82, 2.24) is 49.8 Å². The van der Waals surface area contributed by atoms with Crippen molar-refractivity contribution in [3.63, 3.8) is 0 Å². The number of hydrogen-bond donors (Lipinski definition) is 5. The highest BCUT2D eigenvalue weighted by molar-refractivity contribution is 5.62. The molecule has 0 aliphatic carbocycles. The summed E-state index contributed by atoms with van der Waals surface area (Å²) >= 11 is 0. The first-order valence-electron chi connectivity index (χ1n) is 7.50. The molecule has 5 N–H and O–H groups in total. The standard InChI is InChI=1S/C15H12N10/c1-8(21-6-16-1)10-3-18-13(23-10)12-5-20-15(25-12)14-19-4-11(24-14)9-2-17-7-22-9/h1-7H,(H,16,21)(H,17,22)(H,18,23)(H,19,24)(H,20,25). The summed E-state index contributed by atoms with van der Waals surface area (Å²) < 4.78 is 0. The lowest BCUT2D eigenvalue weighted by atomic mass is 10.4. The van der Waals surface area contributed by atoms with Crippen LogP contribution in [0, 0.1) is 0 Å². The molecule has 0 aromatic carbocycles. The highest BCUT2D eigenvalue weighted by atomic mass is 15.1. The smallest absolute Gasteiger partial charge is 0.174 e. The molecule has 5 heterocycles. The van der Waals surface area contributed by atoms with Crippen molar-refractivity contribution < 1.29 is 0 Å². The van der Waals surface area contributed by atoms with E-state index in [1.807, 2.05) is 0 Å². The van der Waals surface area contributed by atoms with Crippen LogP contribution in [-0.2, 0) is 0 Å². The van der Waals surface area contributed by atoms with Gasteiger partial charge < -0.3 is 24.9 Å². The van der Waals surface area contributed by atoms with E-state index in [4.69, 9.17) is 0 Å². The first-order valence-corrected chi connectivity index (χ1v) is 7.50. The second-order valence-corrected chi connectivity index (χ2v) is 5.37. The van der Waals surface area contributed by atoms with E-state index in [-0.39, 0.29) is 0 Å². The molecule has 10 heteroatoms. The van der Waals surface area contributed by atoms with Gasteiger partial charge in [0.1, 0.15) is 5.69 Å². The highest BCUT2D eigenvalue weighted by Gasteiger charge is 2.13. The molecule has 0 spiro atoms. The Morgan fingerprint density at radius 1 is 0.480 bits per heavy atom. The van der Waals surface area contributed by atoms with E-state index in [0.717, 1.165) is 28.5 Å². The van der Waals surface area contributed by atoms with Gasteiger partial charge in [0.2, 0.25) is 0 Å². The van der Waals surface area contributed by atoms with Crippen molar-refractivity contribution in [1.29, 1.82) is 0 Å². The van der Waals surface area contributed by atoms with Gasteiger partial charge in [0.15, 0.2) is 17.5 Å². The Balaban J connectivity index is 1.44. The number of aromatic nitrogens is 10. The molecule has 5 aromatic rings. The zero-order valence-electron chi connectivity index (χ0n) is 12.8. The van der Waals surface area contributed by atoms with Crippen LogP contribution in [0.25, 0.3) is 45.9 Å². The molecule has 0 saturated heterocycles. The van der Waals surface area contributed by atoms with Crippen molar-refractivity contribution in [3.8, 4) is 45.9 Å². The predicted molar refractivity (Wildman–Crippen MR) is 88.9 cm³/mol. The van der Waals surface area contributed by atoms with Crippen LogP contribution in [0.4, 0.5) is 0 Å². The van der Waals surface area contributed by atoms with Crippen molar-refractivity contribution in [3.05, 3.63) is 43.6 Å². The van der Waals surface area contributed by atoms with Crippen molar-refractivity contribution in [2.24, 2.45) is 0 Å². The maximum Gasteiger partial charge on any atom is 0.174 e. The lowest BCUT2D eigenvalue weighted by Gasteiger charge is -1.93. The molecule has 5 aromatic heterocycles. The van der Waals surface area contributed by atoms with Crippen LogP contribution in [0.3, 0.4) is 0 Å². The van der Waals surface area contributed by atoms with Gasteiger partial charge in [-0.3, -0.25) is 0 Å². The summed E-state index contributed by atoms with van der Waals surface area (Å²) in [6.45, 7) is 0. The maximum atomic E-state index is 4.38. The zero-order chi connectivity index (χ0) is 16.6. The third-order valence-electron chi connectivity index (χ3n) is 3.78. The summed E-state index contributed by atoms with van der Waals surface area (Å²) in [4.78, 5) is 36.8. The van der Waals surface area contributed by atoms with Crippen molar-refractivity contribution in [2.45, 2.75) is 0 Å². The molecule has 0 unspecified atom stereocenters. The number of nitrogens with one attached hydrogen (secondary N) is 5. The number of nitrogens with zero attached hydrogens (tertiary/aromatic N) is 5. The molecule has 0 aliphatic heterocycles. The summed E-state index contributed by atoms with van der Waals surface area (Å²) in [5.74, 6) is 1.94. The Kier molecular flexibility index (Phi) is 2.86. The minimum absolute atomic E-state index is 0.625. The van der Waals surface area contributed by atoms with Gasteiger partial charge in [-0.15, -0.1) is 0 Å². The topological polar surface area (TPSA) is 143 Å². The second kappa shape index (κ2) is 5.30. The number of imidazole rings is 5. The number of H-pyrrole nitrogens is 5. The fourth-order valence-corrected chi connectivity index (χ4v) is 2.54. The predicted octanol–water partition coefficient (Wildman–Crippen LogP) is 1.97. The normalized spacial score (nSPS) is 11.2. The minimum Gasteiger partial charge on any atom is -0.343 e. The molecule has 25 heavy (non-hydrogen) atoms. The van der Waals surface area contributed by atoms with Crippen molar-refractivity contribution >= 4 is 0 Å². The van der Waals surface area contributed by atoms with E-state index >= 15 is 0 Å². The molecule has 5 rings (SSSR count). The van der Waals surface area contributed by atoms with Crippen molar-refractivity contribution in [2.75, 3.05) is 0 Å². The van der Waals surface area contributed by atoms with Gasteiger partial charge in [-0.25, -0.2) is 24.9 Å². The summed E-state index contributed by atoms with van der Waals surface area (Å²) in [5, 5.41) is 0. The molecule has 0 atom stereocenters. The van der Waals surface area contributed by atoms with Gasteiger partial charge in [0.25, 0.3) is 0 Å². The number of rotatable bonds is 4. The van der Waals surface area contributed by atoms with Gasteiger partial charge in [-0.1, -0.05) is 0 Å². The average molecular weight is 332 g/mol. The molecule has 0 saturated carbocycles. The van der Waals surface area contributed by atoms with Crippen LogP contribution in [0.2, 0.25) is 0 Å². The quantitative estimate of drug-likeness (QED) is 0.342. The van der Waals surface area contributed by atoms with E-state index < -0.39 is 0 Å². The van der Waals surface area contributed by atoms with Crippen LogP contribution < -0.4 is 0 Å². The average Bonchev–Trinajstić information content (AvgIpc) is 3.48. The Morgan fingerprint density at radius 2 is 0.960 bits per heavy atom. The molecule has 0 aliphatic rings. The van der Waals surface area contributed by atoms with Gasteiger partial charge in [0.05, 0.1) is 66.4 Å². The van der Waals surface area contributed by atoms with Crippen LogP contribution >= 0.6 is 0 Å². The van der Waals surface area contributed by atoms with Crippen LogP contribution in [-0.4, -0.2) is 49.8 Å². The Labute approximate surface area is 140 Å². The van der Waals surface area contributed by atoms with E-state index in [1.54, 1.807) is 43.6 Å². The van der Waals surface area contributed by atoms with E-state index in [0.29, 0.717) is 17.5 Å². The third-order valence-corrected chi connectivity index (χ3v) is 3.78. The number of hydrogen-bond acceptors (Lipinski definition) is 5. The molecular weight excluding hydrogens is 320 g/mol. The lowest BCUT2D eigenvalue weighted by molar-refractivity contribution is 1.19. The Morgan fingerprint density at radius 3 is 1.52 bits per heavy atom. The molecular formula is C15H12N10. The second-order valence-electron chi connectivity index (χ2n) is 5.37. The molecule has 10 nitrogen and oxygen atoms in total. The van der Waals surface area contributed by atoms with Crippen LogP contribution in [0.15, 0.2) is 43.6 Å². The molecule has 0 amide bonds. The third kappa shape index (κ3) is 2.32. The molecule has 0 radical (unpaired) electrons. The van der Waals surface area contributed by atoms with Gasteiger partial charge in [-0.05, 0) is 0 Å². The minimum atomic E-state index is 0.625. The number of aromatic amines is 5. The van der Waals surface area contributed by atoms with E-state index in [2.05, 4.69) is 49.8 Å². The largest absolute Gasteiger partial charge is 0.343 e. The lowest BCUT2D eigenvalue weighted by Crippen LogP contribution is -1.85. The first-order chi connectivity index (χ1) is 12.4. The molecule has 0 bridgehead atoms. The SMILES string of the molecule is c1ncc(-c2cnc(-c3cnc(-c4ncc(-c5cnc[nH]5)[nH]4)[nH]3)[nH]2)[nH]1. The van der Waals surface area contributed by atoms with Gasteiger partial charge >= 0.3 is 0 Å². The van der Waals surface area contributed by atoms with Crippen LogP contribution in [0.1, 0.15) is 0 Å². The summed E-state index contributed by atoms with van der Waals surface area (Å²) in [7, 11) is 0. The van der Waals surface area contributed by atoms with E-state index in [1.165, 1.54) is 0 Å². The monoisotopic (exact) mass is 332 g/mol. The summed E-state index contributed by atoms with van der Waals surface area (Å²) in [6, 6.07) is 0. The molecule has 122 valence electrons. The summed E-state index contributed by atoms with van der Waals surface area (Å²) in [5.41, 5.74) is 4.18. The van der Waals surface area contributed by atoms with Gasteiger partial charge in [0, 0.05) is 0 Å². The maximum absolute atomic E-state index is 4.38. The van der Waals surface area contributed by atoms with E-state index in [9.17, 15) is 0 Å². The zero-order valence-corrected chi connectivity index (χ0v) is 12.8.